The van der Waals surface area contributed by atoms with Crippen LogP contribution in [0.2, 0.25) is 0 Å². The largest absolute Gasteiger partial charge is 0.206 e. The topological polar surface area (TPSA) is 43.6 Å². The summed E-state index contributed by atoms with van der Waals surface area (Å²) in [4.78, 5) is 0. The lowest BCUT2D eigenvalue weighted by atomic mass is 10.2. The first-order chi connectivity index (χ1) is 7.63. The van der Waals surface area contributed by atoms with E-state index in [4.69, 9.17) is 0 Å². The molecule has 0 bridgehead atoms. The maximum absolute atomic E-state index is 13.5. The molecular formula is C10H10BrFN4. The second-order valence-electron chi connectivity index (χ2n) is 3.41. The van der Waals surface area contributed by atoms with Crippen LogP contribution in [0.15, 0.2) is 16.6 Å². The van der Waals surface area contributed by atoms with Gasteiger partial charge in [0.15, 0.2) is 5.82 Å². The molecular weight excluding hydrogens is 275 g/mol. The van der Waals surface area contributed by atoms with Crippen LogP contribution >= 0.6 is 15.9 Å². The third-order valence-electron chi connectivity index (χ3n) is 2.32. The van der Waals surface area contributed by atoms with Gasteiger partial charge in [-0.05, 0) is 44.9 Å². The molecule has 0 amide bonds. The number of benzene rings is 1. The zero-order chi connectivity index (χ0) is 11.7. The summed E-state index contributed by atoms with van der Waals surface area (Å²) in [6, 6.07) is 3.14. The summed E-state index contributed by atoms with van der Waals surface area (Å²) in [5.74, 6) is 0.392. The molecule has 4 nitrogen and oxygen atoms in total. The highest BCUT2D eigenvalue weighted by molar-refractivity contribution is 9.10. The lowest BCUT2D eigenvalue weighted by Gasteiger charge is -2.07. The fourth-order valence-electron chi connectivity index (χ4n) is 1.48. The summed E-state index contributed by atoms with van der Waals surface area (Å²) in [5, 5.41) is 11.3. The first kappa shape index (κ1) is 11.2. The second kappa shape index (κ2) is 4.29. The Bertz CT molecular complexity index is 524. The molecule has 0 aliphatic heterocycles. The number of aryl methyl sites for hydroxylation is 2. The Kier molecular flexibility index (Phi) is 3.00. The number of nitrogens with zero attached hydrogens (tertiary/aromatic N) is 4. The highest BCUT2D eigenvalue weighted by atomic mass is 79.9. The SMILES string of the molecule is CCc1nnnn1-c1cc(F)c(Br)cc1C. The van der Waals surface area contributed by atoms with Crippen molar-refractivity contribution in [2.75, 3.05) is 0 Å². The van der Waals surface area contributed by atoms with Crippen LogP contribution in [0.25, 0.3) is 5.69 Å². The van der Waals surface area contributed by atoms with Crippen LogP contribution < -0.4 is 0 Å². The molecule has 0 aliphatic rings. The Morgan fingerprint density at radius 2 is 2.19 bits per heavy atom. The average molecular weight is 285 g/mol. The van der Waals surface area contributed by atoms with Gasteiger partial charge < -0.3 is 0 Å². The van der Waals surface area contributed by atoms with Crippen molar-refractivity contribution in [2.45, 2.75) is 20.3 Å². The molecule has 0 saturated heterocycles. The molecule has 0 fully saturated rings. The van der Waals surface area contributed by atoms with E-state index in [1.165, 1.54) is 6.07 Å². The van der Waals surface area contributed by atoms with E-state index in [9.17, 15) is 4.39 Å². The molecule has 1 aromatic carbocycles. The third-order valence-corrected chi connectivity index (χ3v) is 2.93. The zero-order valence-corrected chi connectivity index (χ0v) is 10.5. The summed E-state index contributed by atoms with van der Waals surface area (Å²) in [6.45, 7) is 3.84. The van der Waals surface area contributed by atoms with Gasteiger partial charge in [-0.2, -0.15) is 4.68 Å². The Labute approximate surface area is 101 Å². The number of aromatic nitrogens is 4. The molecule has 2 rings (SSSR count). The number of hydrogen-bond acceptors (Lipinski definition) is 3. The van der Waals surface area contributed by atoms with E-state index in [0.717, 1.165) is 5.56 Å². The Morgan fingerprint density at radius 3 is 2.88 bits per heavy atom. The molecule has 0 aliphatic carbocycles. The van der Waals surface area contributed by atoms with Crippen molar-refractivity contribution >= 4 is 15.9 Å². The molecule has 1 heterocycles. The fraction of sp³-hybridized carbons (Fsp3) is 0.300. The van der Waals surface area contributed by atoms with E-state index in [1.54, 1.807) is 10.7 Å². The number of tetrazole rings is 1. The van der Waals surface area contributed by atoms with Crippen molar-refractivity contribution in [1.82, 2.24) is 20.2 Å². The van der Waals surface area contributed by atoms with Crippen molar-refractivity contribution < 1.29 is 4.39 Å². The van der Waals surface area contributed by atoms with Gasteiger partial charge in [0.05, 0.1) is 10.2 Å². The van der Waals surface area contributed by atoms with Crippen LogP contribution in [-0.2, 0) is 6.42 Å². The Hall–Kier alpha value is -1.30. The van der Waals surface area contributed by atoms with Gasteiger partial charge in [0, 0.05) is 12.5 Å². The van der Waals surface area contributed by atoms with Crippen molar-refractivity contribution in [3.05, 3.63) is 33.8 Å². The van der Waals surface area contributed by atoms with E-state index >= 15 is 0 Å². The monoisotopic (exact) mass is 284 g/mol. The molecule has 16 heavy (non-hydrogen) atoms. The minimum atomic E-state index is -0.321. The van der Waals surface area contributed by atoms with E-state index in [2.05, 4.69) is 31.5 Å². The summed E-state index contributed by atoms with van der Waals surface area (Å²) < 4.78 is 15.5. The van der Waals surface area contributed by atoms with E-state index in [1.807, 2.05) is 13.8 Å². The second-order valence-corrected chi connectivity index (χ2v) is 4.27. The maximum atomic E-state index is 13.5. The molecule has 84 valence electrons. The standard InChI is InChI=1S/C10H10BrFN4/c1-3-10-13-14-15-16(10)9-5-8(12)7(11)4-6(9)2/h4-5H,3H2,1-2H3. The lowest BCUT2D eigenvalue weighted by molar-refractivity contribution is 0.616. The minimum Gasteiger partial charge on any atom is -0.206 e. The van der Waals surface area contributed by atoms with Gasteiger partial charge in [0.25, 0.3) is 0 Å². The number of halogens is 2. The highest BCUT2D eigenvalue weighted by Gasteiger charge is 2.11. The number of hydrogen-bond donors (Lipinski definition) is 0. The minimum absolute atomic E-state index is 0.321. The Balaban J connectivity index is 2.60. The summed E-state index contributed by atoms with van der Waals surface area (Å²) in [7, 11) is 0. The quantitative estimate of drug-likeness (QED) is 0.851. The van der Waals surface area contributed by atoms with Crippen LogP contribution in [0.1, 0.15) is 18.3 Å². The van der Waals surface area contributed by atoms with Crippen LogP contribution in [0.5, 0.6) is 0 Å². The predicted octanol–water partition coefficient (Wildman–Crippen LogP) is 2.43. The van der Waals surface area contributed by atoms with Gasteiger partial charge in [-0.3, -0.25) is 0 Å². The molecule has 0 atom stereocenters. The Morgan fingerprint density at radius 1 is 1.44 bits per heavy atom. The average Bonchev–Trinajstić information content (AvgIpc) is 2.71. The summed E-state index contributed by atoms with van der Waals surface area (Å²) in [5.41, 5.74) is 1.58. The van der Waals surface area contributed by atoms with Crippen LogP contribution in [0.3, 0.4) is 0 Å². The van der Waals surface area contributed by atoms with E-state index < -0.39 is 0 Å². The lowest BCUT2D eigenvalue weighted by Crippen LogP contribution is -2.05. The maximum Gasteiger partial charge on any atom is 0.156 e. The zero-order valence-electron chi connectivity index (χ0n) is 8.91. The van der Waals surface area contributed by atoms with Crippen LogP contribution in [0.4, 0.5) is 4.39 Å². The van der Waals surface area contributed by atoms with Gasteiger partial charge in [0.1, 0.15) is 5.82 Å². The molecule has 0 N–H and O–H groups in total. The molecule has 0 spiro atoms. The smallest absolute Gasteiger partial charge is 0.156 e. The molecule has 2 aromatic rings. The van der Waals surface area contributed by atoms with Crippen LogP contribution in [0, 0.1) is 12.7 Å². The van der Waals surface area contributed by atoms with Gasteiger partial charge in [-0.25, -0.2) is 4.39 Å². The van der Waals surface area contributed by atoms with Gasteiger partial charge >= 0.3 is 0 Å². The van der Waals surface area contributed by atoms with Crippen molar-refractivity contribution in [3.8, 4) is 5.69 Å². The molecule has 0 saturated carbocycles. The summed E-state index contributed by atoms with van der Waals surface area (Å²) >= 11 is 3.14. The van der Waals surface area contributed by atoms with Gasteiger partial charge in [-0.15, -0.1) is 5.10 Å². The van der Waals surface area contributed by atoms with E-state index in [-0.39, 0.29) is 5.82 Å². The first-order valence-electron chi connectivity index (χ1n) is 4.86. The van der Waals surface area contributed by atoms with Crippen molar-refractivity contribution in [1.29, 1.82) is 0 Å². The fourth-order valence-corrected chi connectivity index (χ4v) is 1.94. The molecule has 0 radical (unpaired) electrons. The first-order valence-corrected chi connectivity index (χ1v) is 5.66. The van der Waals surface area contributed by atoms with Gasteiger partial charge in [-0.1, -0.05) is 6.92 Å². The van der Waals surface area contributed by atoms with E-state index in [0.29, 0.717) is 22.4 Å². The third kappa shape index (κ3) is 1.84. The molecule has 1 aromatic heterocycles. The van der Waals surface area contributed by atoms with Crippen LogP contribution in [-0.4, -0.2) is 20.2 Å². The summed E-state index contributed by atoms with van der Waals surface area (Å²) in [6.07, 6.45) is 0.699. The van der Waals surface area contributed by atoms with Gasteiger partial charge in [0.2, 0.25) is 0 Å². The van der Waals surface area contributed by atoms with Crippen molar-refractivity contribution in [2.24, 2.45) is 0 Å². The highest BCUT2D eigenvalue weighted by Crippen LogP contribution is 2.23. The molecule has 6 heteroatoms. The predicted molar refractivity (Wildman–Crippen MR) is 60.9 cm³/mol. The number of rotatable bonds is 2. The normalized spacial score (nSPS) is 10.8. The van der Waals surface area contributed by atoms with Crippen molar-refractivity contribution in [3.63, 3.8) is 0 Å². The molecule has 0 unspecified atom stereocenters.